The lowest BCUT2D eigenvalue weighted by Crippen LogP contribution is -2.20. The molecule has 1 N–H and O–H groups in total. The molecule has 3 nitrogen and oxygen atoms in total. The van der Waals surface area contributed by atoms with Crippen LogP contribution in [0.15, 0.2) is 18.3 Å². The number of pyridine rings is 1. The first-order valence-corrected chi connectivity index (χ1v) is 7.96. The first kappa shape index (κ1) is 13.1. The Hall–Kier alpha value is -0.900. The predicted molar refractivity (Wildman–Crippen MR) is 84.3 cm³/mol. The van der Waals surface area contributed by atoms with Crippen molar-refractivity contribution >= 4 is 24.1 Å². The van der Waals surface area contributed by atoms with Gasteiger partial charge in [0, 0.05) is 42.8 Å². The Bertz CT molecular complexity index is 418. The molecule has 0 amide bonds. The summed E-state index contributed by atoms with van der Waals surface area (Å²) >= 11 is 4.56. The van der Waals surface area contributed by atoms with Gasteiger partial charge in [-0.3, -0.25) is 0 Å². The molecule has 1 saturated heterocycles. The minimum atomic E-state index is 0.517. The van der Waals surface area contributed by atoms with E-state index in [-0.39, 0.29) is 0 Å². The fourth-order valence-corrected chi connectivity index (χ4v) is 3.47. The molecule has 1 saturated carbocycles. The van der Waals surface area contributed by atoms with E-state index < -0.39 is 0 Å². The molecule has 19 heavy (non-hydrogen) atoms. The Balaban J connectivity index is 1.59. The summed E-state index contributed by atoms with van der Waals surface area (Å²) in [6.45, 7) is 3.24. The summed E-state index contributed by atoms with van der Waals surface area (Å²) in [5.41, 5.74) is 1.28. The zero-order chi connectivity index (χ0) is 13.1. The van der Waals surface area contributed by atoms with Crippen molar-refractivity contribution in [3.8, 4) is 0 Å². The van der Waals surface area contributed by atoms with Gasteiger partial charge in [0.15, 0.2) is 0 Å². The molecular weight excluding hydrogens is 254 g/mol. The molecule has 1 aliphatic heterocycles. The highest BCUT2D eigenvalue weighted by Gasteiger charge is 2.20. The Morgan fingerprint density at radius 1 is 1.32 bits per heavy atom. The maximum absolute atomic E-state index is 4.56. The minimum Gasteiger partial charge on any atom is -0.370 e. The van der Waals surface area contributed by atoms with Crippen LogP contribution in [-0.2, 0) is 0 Å². The monoisotopic (exact) mass is 277 g/mol. The second-order valence-electron chi connectivity index (χ2n) is 5.82. The standard InChI is InChI=1S/C15H23N3S/c19-14-6-8-18(11-14)13-5-7-16-15(9-13)17-10-12-3-1-2-4-12/h5,7,9,12,14,19H,1-4,6,8,10-11H2,(H,16,17). The normalized spacial score (nSPS) is 24.1. The van der Waals surface area contributed by atoms with Gasteiger partial charge in [0.25, 0.3) is 0 Å². The zero-order valence-electron chi connectivity index (χ0n) is 11.4. The molecular formula is C15H23N3S. The van der Waals surface area contributed by atoms with Crippen molar-refractivity contribution in [1.82, 2.24) is 4.98 Å². The largest absolute Gasteiger partial charge is 0.370 e. The molecule has 0 radical (unpaired) electrons. The lowest BCUT2D eigenvalue weighted by molar-refractivity contribution is 0.579. The second-order valence-corrected chi connectivity index (χ2v) is 6.55. The van der Waals surface area contributed by atoms with Gasteiger partial charge in [-0.05, 0) is 31.2 Å². The van der Waals surface area contributed by atoms with Crippen molar-refractivity contribution in [2.45, 2.75) is 37.4 Å². The lowest BCUT2D eigenvalue weighted by atomic mass is 10.1. The highest BCUT2D eigenvalue weighted by atomic mass is 32.1. The topological polar surface area (TPSA) is 28.2 Å². The summed E-state index contributed by atoms with van der Waals surface area (Å²) < 4.78 is 0. The zero-order valence-corrected chi connectivity index (χ0v) is 12.3. The Morgan fingerprint density at radius 3 is 2.89 bits per heavy atom. The van der Waals surface area contributed by atoms with Crippen LogP contribution in [0, 0.1) is 5.92 Å². The molecule has 3 rings (SSSR count). The maximum atomic E-state index is 4.56. The van der Waals surface area contributed by atoms with Crippen LogP contribution >= 0.6 is 12.6 Å². The van der Waals surface area contributed by atoms with E-state index in [1.165, 1.54) is 37.8 Å². The number of rotatable bonds is 4. The number of aromatic nitrogens is 1. The molecule has 0 bridgehead atoms. The maximum Gasteiger partial charge on any atom is 0.127 e. The highest BCUT2D eigenvalue weighted by Crippen LogP contribution is 2.26. The van der Waals surface area contributed by atoms with E-state index in [0.29, 0.717) is 5.25 Å². The predicted octanol–water partition coefficient (Wildman–Crippen LogP) is 3.19. The van der Waals surface area contributed by atoms with E-state index in [1.807, 2.05) is 6.20 Å². The molecule has 0 aromatic carbocycles. The Morgan fingerprint density at radius 2 is 2.16 bits per heavy atom. The van der Waals surface area contributed by atoms with E-state index in [4.69, 9.17) is 0 Å². The summed E-state index contributed by atoms with van der Waals surface area (Å²) in [7, 11) is 0. The molecule has 2 fully saturated rings. The summed E-state index contributed by atoms with van der Waals surface area (Å²) in [5.74, 6) is 1.87. The van der Waals surface area contributed by atoms with Crippen LogP contribution in [0.25, 0.3) is 0 Å². The van der Waals surface area contributed by atoms with E-state index in [1.54, 1.807) is 0 Å². The summed E-state index contributed by atoms with van der Waals surface area (Å²) in [4.78, 5) is 6.84. The average molecular weight is 277 g/mol. The lowest BCUT2D eigenvalue weighted by Gasteiger charge is -2.19. The molecule has 1 aliphatic carbocycles. The molecule has 1 unspecified atom stereocenters. The van der Waals surface area contributed by atoms with Crippen LogP contribution in [0.5, 0.6) is 0 Å². The molecule has 104 valence electrons. The summed E-state index contributed by atoms with van der Waals surface area (Å²) in [6, 6.07) is 4.29. The van der Waals surface area contributed by atoms with Gasteiger partial charge in [-0.15, -0.1) is 0 Å². The summed E-state index contributed by atoms with van der Waals surface area (Å²) in [6.07, 6.45) is 8.64. The van der Waals surface area contributed by atoms with Crippen molar-refractivity contribution in [3.05, 3.63) is 18.3 Å². The minimum absolute atomic E-state index is 0.517. The van der Waals surface area contributed by atoms with Crippen molar-refractivity contribution < 1.29 is 0 Å². The van der Waals surface area contributed by atoms with Gasteiger partial charge in [-0.2, -0.15) is 12.6 Å². The van der Waals surface area contributed by atoms with Gasteiger partial charge < -0.3 is 10.2 Å². The van der Waals surface area contributed by atoms with Crippen molar-refractivity contribution in [1.29, 1.82) is 0 Å². The van der Waals surface area contributed by atoms with Gasteiger partial charge in [-0.1, -0.05) is 12.8 Å². The molecule has 1 aromatic heterocycles. The smallest absolute Gasteiger partial charge is 0.127 e. The van der Waals surface area contributed by atoms with E-state index in [0.717, 1.165) is 31.4 Å². The van der Waals surface area contributed by atoms with Crippen LogP contribution in [0.1, 0.15) is 32.1 Å². The van der Waals surface area contributed by atoms with Crippen LogP contribution in [-0.4, -0.2) is 29.9 Å². The number of nitrogens with zero attached hydrogens (tertiary/aromatic N) is 2. The number of nitrogens with one attached hydrogen (secondary N) is 1. The molecule has 4 heteroatoms. The quantitative estimate of drug-likeness (QED) is 0.828. The molecule has 1 aromatic rings. The number of anilines is 2. The SMILES string of the molecule is SC1CCN(c2ccnc(NCC3CCCC3)c2)C1. The van der Waals surface area contributed by atoms with Gasteiger partial charge in [-0.25, -0.2) is 4.98 Å². The average Bonchev–Trinajstić information content (AvgIpc) is 3.08. The third kappa shape index (κ3) is 3.35. The first-order chi connectivity index (χ1) is 9.31. The van der Waals surface area contributed by atoms with Crippen LogP contribution in [0.3, 0.4) is 0 Å². The van der Waals surface area contributed by atoms with Crippen molar-refractivity contribution in [2.75, 3.05) is 29.9 Å². The number of hydrogen-bond donors (Lipinski definition) is 2. The van der Waals surface area contributed by atoms with Crippen LogP contribution < -0.4 is 10.2 Å². The highest BCUT2D eigenvalue weighted by molar-refractivity contribution is 7.81. The van der Waals surface area contributed by atoms with Gasteiger partial charge >= 0.3 is 0 Å². The van der Waals surface area contributed by atoms with Crippen molar-refractivity contribution in [2.24, 2.45) is 5.92 Å². The third-order valence-corrected chi connectivity index (χ3v) is 4.74. The van der Waals surface area contributed by atoms with Gasteiger partial charge in [0.1, 0.15) is 5.82 Å². The number of hydrogen-bond acceptors (Lipinski definition) is 4. The number of thiol groups is 1. The Labute approximate surface area is 121 Å². The fourth-order valence-electron chi connectivity index (χ4n) is 3.15. The van der Waals surface area contributed by atoms with Crippen molar-refractivity contribution in [3.63, 3.8) is 0 Å². The van der Waals surface area contributed by atoms with Gasteiger partial charge in [0.2, 0.25) is 0 Å². The first-order valence-electron chi connectivity index (χ1n) is 7.44. The van der Waals surface area contributed by atoms with Gasteiger partial charge in [0.05, 0.1) is 0 Å². The molecule has 1 atom stereocenters. The second kappa shape index (κ2) is 6.04. The molecule has 0 spiro atoms. The van der Waals surface area contributed by atoms with Crippen LogP contribution in [0.2, 0.25) is 0 Å². The van der Waals surface area contributed by atoms with E-state index in [2.05, 4.69) is 40.0 Å². The third-order valence-electron chi connectivity index (χ3n) is 4.32. The van der Waals surface area contributed by atoms with E-state index >= 15 is 0 Å². The Kier molecular flexibility index (Phi) is 4.16. The van der Waals surface area contributed by atoms with Crippen LogP contribution in [0.4, 0.5) is 11.5 Å². The summed E-state index contributed by atoms with van der Waals surface area (Å²) in [5, 5.41) is 4.02. The molecule has 2 heterocycles. The van der Waals surface area contributed by atoms with E-state index in [9.17, 15) is 0 Å². The fraction of sp³-hybridized carbons (Fsp3) is 0.667. The molecule has 2 aliphatic rings.